The fourth-order valence-electron chi connectivity index (χ4n) is 1.72. The van der Waals surface area contributed by atoms with Crippen molar-refractivity contribution in [1.82, 2.24) is 5.32 Å². The second kappa shape index (κ2) is 4.75. The molecular formula is C11H12ClNO2. The van der Waals surface area contributed by atoms with Crippen molar-refractivity contribution in [2.75, 3.05) is 19.7 Å². The molecule has 0 bridgehead atoms. The molecule has 2 rings (SSSR count). The molecule has 1 aromatic rings. The van der Waals surface area contributed by atoms with Crippen molar-refractivity contribution >= 4 is 16.8 Å². The molecular weight excluding hydrogens is 214 g/mol. The number of ether oxygens (including phenoxy) is 1. The van der Waals surface area contributed by atoms with Crippen molar-refractivity contribution in [2.45, 2.75) is 6.10 Å². The molecule has 80 valence electrons. The molecule has 1 fully saturated rings. The van der Waals surface area contributed by atoms with Gasteiger partial charge in [-0.25, -0.2) is 0 Å². The number of hydrogen-bond donors (Lipinski definition) is 1. The van der Waals surface area contributed by atoms with Gasteiger partial charge in [-0.15, -0.1) is 0 Å². The van der Waals surface area contributed by atoms with Gasteiger partial charge in [0.1, 0.15) is 0 Å². The molecule has 1 unspecified atom stereocenters. The zero-order chi connectivity index (χ0) is 10.7. The molecule has 1 N–H and O–H groups in total. The smallest absolute Gasteiger partial charge is 0.252 e. The van der Waals surface area contributed by atoms with E-state index in [9.17, 15) is 4.79 Å². The molecule has 15 heavy (non-hydrogen) atoms. The number of hydrogen-bond acceptors (Lipinski definition) is 3. The highest BCUT2D eigenvalue weighted by Gasteiger charge is 2.20. The van der Waals surface area contributed by atoms with Gasteiger partial charge in [-0.3, -0.25) is 4.79 Å². The highest BCUT2D eigenvalue weighted by Crippen LogP contribution is 2.23. The van der Waals surface area contributed by atoms with E-state index < -0.39 is 5.24 Å². The van der Waals surface area contributed by atoms with Gasteiger partial charge in [0.15, 0.2) is 0 Å². The van der Waals surface area contributed by atoms with Crippen LogP contribution in [0.3, 0.4) is 0 Å². The largest absolute Gasteiger partial charge is 0.371 e. The first kappa shape index (κ1) is 10.6. The zero-order valence-electron chi connectivity index (χ0n) is 8.20. The third-order valence-electron chi connectivity index (χ3n) is 2.45. The highest BCUT2D eigenvalue weighted by atomic mass is 35.5. The van der Waals surface area contributed by atoms with Crippen LogP contribution in [0.4, 0.5) is 0 Å². The summed E-state index contributed by atoms with van der Waals surface area (Å²) in [6.45, 7) is 2.24. The predicted molar refractivity (Wildman–Crippen MR) is 58.2 cm³/mol. The Morgan fingerprint density at radius 2 is 2.27 bits per heavy atom. The number of rotatable bonds is 2. The first-order valence-corrected chi connectivity index (χ1v) is 5.28. The first-order valence-electron chi connectivity index (χ1n) is 4.90. The van der Waals surface area contributed by atoms with Gasteiger partial charge in [0.2, 0.25) is 0 Å². The van der Waals surface area contributed by atoms with Crippen LogP contribution in [-0.2, 0) is 4.74 Å². The Kier molecular flexibility index (Phi) is 3.36. The maximum Gasteiger partial charge on any atom is 0.252 e. The van der Waals surface area contributed by atoms with E-state index >= 15 is 0 Å². The van der Waals surface area contributed by atoms with Crippen LogP contribution in [0.15, 0.2) is 24.3 Å². The zero-order valence-corrected chi connectivity index (χ0v) is 8.96. The lowest BCUT2D eigenvalue weighted by Crippen LogP contribution is -2.33. The van der Waals surface area contributed by atoms with E-state index in [2.05, 4.69) is 5.32 Å². The number of morpholine rings is 1. The van der Waals surface area contributed by atoms with E-state index in [1.807, 2.05) is 12.1 Å². The summed E-state index contributed by atoms with van der Waals surface area (Å²) in [5, 5.41) is 2.79. The summed E-state index contributed by atoms with van der Waals surface area (Å²) < 4.78 is 5.58. The summed E-state index contributed by atoms with van der Waals surface area (Å²) >= 11 is 5.51. The van der Waals surface area contributed by atoms with Gasteiger partial charge in [0, 0.05) is 18.7 Å². The molecule has 0 spiro atoms. The Morgan fingerprint density at radius 1 is 1.47 bits per heavy atom. The molecule has 1 aliphatic rings. The third-order valence-corrected chi connectivity index (χ3v) is 2.65. The Morgan fingerprint density at radius 3 is 2.93 bits per heavy atom. The van der Waals surface area contributed by atoms with Gasteiger partial charge in [-0.2, -0.15) is 0 Å². The lowest BCUT2D eigenvalue weighted by Gasteiger charge is -2.25. The molecule has 0 radical (unpaired) electrons. The van der Waals surface area contributed by atoms with Crippen molar-refractivity contribution in [3.05, 3.63) is 35.4 Å². The van der Waals surface area contributed by atoms with Crippen molar-refractivity contribution in [1.29, 1.82) is 0 Å². The molecule has 1 atom stereocenters. The number of carbonyl (C=O) groups is 1. The Bertz CT molecular complexity index is 361. The van der Waals surface area contributed by atoms with Gasteiger partial charge < -0.3 is 10.1 Å². The molecule has 1 aromatic carbocycles. The van der Waals surface area contributed by atoms with E-state index in [0.717, 1.165) is 18.7 Å². The molecule has 3 nitrogen and oxygen atoms in total. The van der Waals surface area contributed by atoms with E-state index in [4.69, 9.17) is 16.3 Å². The van der Waals surface area contributed by atoms with Crippen LogP contribution in [0.2, 0.25) is 0 Å². The normalized spacial score (nSPS) is 21.3. The molecule has 0 aromatic heterocycles. The molecule has 0 amide bonds. The van der Waals surface area contributed by atoms with E-state index in [-0.39, 0.29) is 6.10 Å². The fourth-order valence-corrected chi connectivity index (χ4v) is 1.89. The monoisotopic (exact) mass is 225 g/mol. The van der Waals surface area contributed by atoms with Gasteiger partial charge in [-0.05, 0) is 23.2 Å². The number of carbonyl (C=O) groups excluding carboxylic acids is 1. The molecule has 1 saturated heterocycles. The lowest BCUT2D eigenvalue weighted by molar-refractivity contribution is 0.0272. The average molecular weight is 226 g/mol. The van der Waals surface area contributed by atoms with Crippen LogP contribution in [0, 0.1) is 0 Å². The summed E-state index contributed by atoms with van der Waals surface area (Å²) in [4.78, 5) is 11.2. The number of benzene rings is 1. The van der Waals surface area contributed by atoms with Gasteiger partial charge in [0.25, 0.3) is 5.24 Å². The summed E-state index contributed by atoms with van der Waals surface area (Å²) in [6.07, 6.45) is -0.0716. The SMILES string of the molecule is O=C(Cl)c1ccccc1C1CNCCO1. The van der Waals surface area contributed by atoms with Crippen LogP contribution < -0.4 is 5.32 Å². The van der Waals surface area contributed by atoms with Gasteiger partial charge in [0.05, 0.1) is 12.7 Å². The minimum absolute atomic E-state index is 0.0716. The molecule has 0 saturated carbocycles. The Balaban J connectivity index is 2.29. The van der Waals surface area contributed by atoms with Crippen molar-refractivity contribution in [3.63, 3.8) is 0 Å². The lowest BCUT2D eigenvalue weighted by atomic mass is 10.0. The molecule has 1 aliphatic heterocycles. The fraction of sp³-hybridized carbons (Fsp3) is 0.364. The Hall–Kier alpha value is -0.900. The van der Waals surface area contributed by atoms with Crippen LogP contribution in [-0.4, -0.2) is 24.9 Å². The van der Waals surface area contributed by atoms with Gasteiger partial charge >= 0.3 is 0 Å². The minimum Gasteiger partial charge on any atom is -0.371 e. The van der Waals surface area contributed by atoms with Crippen LogP contribution in [0.1, 0.15) is 22.0 Å². The van der Waals surface area contributed by atoms with E-state index in [1.54, 1.807) is 12.1 Å². The van der Waals surface area contributed by atoms with Crippen molar-refractivity contribution < 1.29 is 9.53 Å². The quantitative estimate of drug-likeness (QED) is 0.779. The van der Waals surface area contributed by atoms with E-state index in [1.165, 1.54) is 0 Å². The van der Waals surface area contributed by atoms with Crippen molar-refractivity contribution in [2.24, 2.45) is 0 Å². The standard InChI is InChI=1S/C11H12ClNO2/c12-11(14)9-4-2-1-3-8(9)10-7-13-5-6-15-10/h1-4,10,13H,5-7H2. The van der Waals surface area contributed by atoms with Crippen LogP contribution in [0.25, 0.3) is 0 Å². The molecule has 1 heterocycles. The topological polar surface area (TPSA) is 38.3 Å². The second-order valence-corrected chi connectivity index (χ2v) is 3.77. The van der Waals surface area contributed by atoms with E-state index in [0.29, 0.717) is 12.2 Å². The summed E-state index contributed by atoms with van der Waals surface area (Å²) in [5.41, 5.74) is 1.40. The van der Waals surface area contributed by atoms with Crippen LogP contribution >= 0.6 is 11.6 Å². The minimum atomic E-state index is -0.431. The number of nitrogens with one attached hydrogen (secondary N) is 1. The maximum absolute atomic E-state index is 11.2. The van der Waals surface area contributed by atoms with Crippen LogP contribution in [0.5, 0.6) is 0 Å². The molecule has 0 aliphatic carbocycles. The maximum atomic E-state index is 11.2. The van der Waals surface area contributed by atoms with Gasteiger partial charge in [-0.1, -0.05) is 18.2 Å². The summed E-state index contributed by atoms with van der Waals surface area (Å²) in [6, 6.07) is 7.29. The van der Waals surface area contributed by atoms with Crippen molar-refractivity contribution in [3.8, 4) is 0 Å². The second-order valence-electron chi connectivity index (χ2n) is 3.42. The predicted octanol–water partition coefficient (Wildman–Crippen LogP) is 1.73. The average Bonchev–Trinajstić information content (AvgIpc) is 2.30. The summed E-state index contributed by atoms with van der Waals surface area (Å²) in [7, 11) is 0. The summed E-state index contributed by atoms with van der Waals surface area (Å²) in [5.74, 6) is 0. The highest BCUT2D eigenvalue weighted by molar-refractivity contribution is 6.67. The third kappa shape index (κ3) is 2.37. The molecule has 4 heteroatoms. The first-order chi connectivity index (χ1) is 7.29. The number of halogens is 1. The Labute approximate surface area is 93.4 Å².